The molecule has 15 heavy (non-hydrogen) atoms. The van der Waals surface area contributed by atoms with Crippen molar-refractivity contribution in [1.29, 1.82) is 0 Å². The van der Waals surface area contributed by atoms with Crippen LogP contribution in [0.15, 0.2) is 0 Å². The Morgan fingerprint density at radius 3 is 2.13 bits per heavy atom. The highest BCUT2D eigenvalue weighted by molar-refractivity contribution is 7.84. The first-order chi connectivity index (χ1) is 6.95. The summed E-state index contributed by atoms with van der Waals surface area (Å²) in [6.45, 7) is 0.136. The summed E-state index contributed by atoms with van der Waals surface area (Å²) in [7, 11) is -1.35. The van der Waals surface area contributed by atoms with Crippen LogP contribution in [0.1, 0.15) is 32.1 Å². The van der Waals surface area contributed by atoms with E-state index in [-0.39, 0.29) is 12.4 Å². The zero-order valence-electron chi connectivity index (χ0n) is 8.55. The molecule has 0 saturated heterocycles. The van der Waals surface area contributed by atoms with Gasteiger partial charge >= 0.3 is 6.18 Å². The molecule has 1 unspecified atom stereocenters. The highest BCUT2D eigenvalue weighted by Crippen LogP contribution is 2.19. The van der Waals surface area contributed by atoms with Crippen LogP contribution in [0, 0.1) is 0 Å². The molecule has 0 aliphatic carbocycles. The Hall–Kier alpha value is -0.100. The van der Waals surface area contributed by atoms with Crippen molar-refractivity contribution in [2.45, 2.75) is 38.3 Å². The first-order valence-electron chi connectivity index (χ1n) is 4.98. The third kappa shape index (κ3) is 11.8. The number of aliphatic hydroxyl groups excluding tert-OH is 1. The smallest absolute Gasteiger partial charge is 0.390 e. The lowest BCUT2D eigenvalue weighted by Gasteiger charge is -2.05. The molecule has 0 aliphatic rings. The second kappa shape index (κ2) is 8.10. The van der Waals surface area contributed by atoms with Crippen molar-refractivity contribution in [2.24, 2.45) is 0 Å². The summed E-state index contributed by atoms with van der Waals surface area (Å²) in [6.07, 6.45) is -2.13. The predicted octanol–water partition coefficient (Wildman–Crippen LogP) is 2.24. The van der Waals surface area contributed by atoms with Crippen molar-refractivity contribution in [3.05, 3.63) is 0 Å². The van der Waals surface area contributed by atoms with Gasteiger partial charge in [0.15, 0.2) is 0 Å². The van der Waals surface area contributed by atoms with Crippen LogP contribution in [0.3, 0.4) is 0 Å². The van der Waals surface area contributed by atoms with Crippen molar-refractivity contribution < 1.29 is 22.5 Å². The molecular weight excluding hydrogens is 229 g/mol. The minimum absolute atomic E-state index is 0.136. The lowest BCUT2D eigenvalue weighted by atomic mass is 10.2. The van der Waals surface area contributed by atoms with E-state index in [1.807, 2.05) is 0 Å². The molecule has 0 heterocycles. The molecule has 0 saturated carbocycles. The molecule has 0 aromatic rings. The zero-order valence-corrected chi connectivity index (χ0v) is 9.37. The third-order valence-corrected chi connectivity index (χ3v) is 3.30. The molecule has 0 aromatic carbocycles. The van der Waals surface area contributed by atoms with E-state index in [0.717, 1.165) is 12.8 Å². The van der Waals surface area contributed by atoms with Gasteiger partial charge in [0.25, 0.3) is 0 Å². The van der Waals surface area contributed by atoms with E-state index >= 15 is 0 Å². The second-order valence-electron chi connectivity index (χ2n) is 3.35. The molecule has 0 amide bonds. The van der Waals surface area contributed by atoms with Crippen LogP contribution in [0.5, 0.6) is 0 Å². The van der Waals surface area contributed by atoms with Crippen LogP contribution in [-0.4, -0.2) is 33.6 Å². The average molecular weight is 246 g/mol. The fraction of sp³-hybridized carbons (Fsp3) is 1.00. The Labute approximate surface area is 90.3 Å². The van der Waals surface area contributed by atoms with Gasteiger partial charge in [0.05, 0.1) is 6.42 Å². The Kier molecular flexibility index (Phi) is 8.04. The summed E-state index contributed by atoms with van der Waals surface area (Å²) in [5.41, 5.74) is 0. The van der Waals surface area contributed by atoms with Crippen LogP contribution in [0.25, 0.3) is 0 Å². The number of hydrogen-bond acceptors (Lipinski definition) is 2. The lowest BCUT2D eigenvalue weighted by Crippen LogP contribution is -2.14. The first-order valence-corrected chi connectivity index (χ1v) is 6.47. The highest BCUT2D eigenvalue weighted by atomic mass is 32.2. The van der Waals surface area contributed by atoms with Gasteiger partial charge in [-0.1, -0.05) is 12.8 Å². The summed E-state index contributed by atoms with van der Waals surface area (Å²) >= 11 is 0. The van der Waals surface area contributed by atoms with E-state index in [2.05, 4.69) is 0 Å². The summed E-state index contributed by atoms with van der Waals surface area (Å²) in [5.74, 6) is 0.0466. The Morgan fingerprint density at radius 2 is 1.60 bits per heavy atom. The highest BCUT2D eigenvalue weighted by Gasteiger charge is 2.27. The topological polar surface area (TPSA) is 37.3 Å². The molecule has 0 fully saturated rings. The fourth-order valence-corrected chi connectivity index (χ4v) is 2.25. The van der Waals surface area contributed by atoms with Crippen molar-refractivity contribution in [1.82, 2.24) is 0 Å². The molecule has 0 radical (unpaired) electrons. The summed E-state index contributed by atoms with van der Waals surface area (Å²) in [5, 5.41) is 8.46. The van der Waals surface area contributed by atoms with Crippen molar-refractivity contribution in [3.8, 4) is 0 Å². The maximum atomic E-state index is 11.7. The van der Waals surface area contributed by atoms with Crippen LogP contribution in [0.2, 0.25) is 0 Å². The molecule has 0 aromatic heterocycles. The monoisotopic (exact) mass is 246 g/mol. The number of unbranched alkanes of at least 4 members (excludes halogenated alkanes) is 3. The number of alkyl halides is 3. The second-order valence-corrected chi connectivity index (χ2v) is 5.05. The summed E-state index contributed by atoms with van der Waals surface area (Å²) < 4.78 is 46.3. The van der Waals surface area contributed by atoms with Gasteiger partial charge in [-0.3, -0.25) is 4.21 Å². The minimum Gasteiger partial charge on any atom is -0.396 e. The van der Waals surface area contributed by atoms with E-state index in [9.17, 15) is 17.4 Å². The number of aliphatic hydroxyl groups is 1. The molecule has 0 spiro atoms. The lowest BCUT2D eigenvalue weighted by molar-refractivity contribution is -0.129. The van der Waals surface area contributed by atoms with Crippen molar-refractivity contribution in [2.75, 3.05) is 18.1 Å². The minimum atomic E-state index is -4.20. The van der Waals surface area contributed by atoms with Gasteiger partial charge in [0.2, 0.25) is 0 Å². The average Bonchev–Trinajstić information content (AvgIpc) is 2.13. The standard InChI is InChI=1S/C9H17F3O2S/c10-9(11,12)5-8-15(14)7-4-2-1-3-6-13/h13H,1-8H2. The molecule has 1 N–H and O–H groups in total. The number of hydrogen-bond donors (Lipinski definition) is 1. The van der Waals surface area contributed by atoms with Crippen molar-refractivity contribution >= 4 is 10.8 Å². The van der Waals surface area contributed by atoms with Gasteiger partial charge in [0, 0.05) is 28.9 Å². The van der Waals surface area contributed by atoms with Gasteiger partial charge in [-0.15, -0.1) is 0 Å². The summed E-state index contributed by atoms with van der Waals surface area (Å²) in [6, 6.07) is 0. The Morgan fingerprint density at radius 1 is 1.00 bits per heavy atom. The van der Waals surface area contributed by atoms with Gasteiger partial charge in [-0.2, -0.15) is 13.2 Å². The normalized spacial score (nSPS) is 14.1. The number of rotatable bonds is 8. The van der Waals surface area contributed by atoms with E-state index in [4.69, 9.17) is 5.11 Å². The van der Waals surface area contributed by atoms with Crippen LogP contribution < -0.4 is 0 Å². The Balaban J connectivity index is 3.34. The van der Waals surface area contributed by atoms with E-state index < -0.39 is 23.4 Å². The summed E-state index contributed by atoms with van der Waals surface area (Å²) in [4.78, 5) is 0. The van der Waals surface area contributed by atoms with Gasteiger partial charge in [-0.25, -0.2) is 0 Å². The number of halogens is 3. The first kappa shape index (κ1) is 14.9. The maximum absolute atomic E-state index is 11.7. The van der Waals surface area contributed by atoms with E-state index in [0.29, 0.717) is 18.6 Å². The molecule has 0 aliphatic heterocycles. The molecule has 92 valence electrons. The molecule has 0 rings (SSSR count). The van der Waals surface area contributed by atoms with Gasteiger partial charge < -0.3 is 5.11 Å². The third-order valence-electron chi connectivity index (χ3n) is 1.89. The van der Waals surface area contributed by atoms with Crippen LogP contribution >= 0.6 is 0 Å². The maximum Gasteiger partial charge on any atom is 0.390 e. The van der Waals surface area contributed by atoms with Gasteiger partial charge in [-0.05, 0) is 12.8 Å². The van der Waals surface area contributed by atoms with E-state index in [1.165, 1.54) is 0 Å². The quantitative estimate of drug-likeness (QED) is 0.667. The van der Waals surface area contributed by atoms with Crippen molar-refractivity contribution in [3.63, 3.8) is 0 Å². The van der Waals surface area contributed by atoms with Crippen LogP contribution in [0.4, 0.5) is 13.2 Å². The molecule has 6 heteroatoms. The zero-order chi connectivity index (χ0) is 11.7. The van der Waals surface area contributed by atoms with Gasteiger partial charge in [0.1, 0.15) is 0 Å². The molecule has 1 atom stereocenters. The van der Waals surface area contributed by atoms with Crippen LogP contribution in [-0.2, 0) is 10.8 Å². The molecule has 0 bridgehead atoms. The SMILES string of the molecule is O=S(CCCCCCO)CCC(F)(F)F. The molecule has 2 nitrogen and oxygen atoms in total. The van der Waals surface area contributed by atoms with E-state index in [1.54, 1.807) is 0 Å². The largest absolute Gasteiger partial charge is 0.396 e. The predicted molar refractivity (Wildman–Crippen MR) is 54.1 cm³/mol. The fourth-order valence-electron chi connectivity index (χ4n) is 1.06. The Bertz CT molecular complexity index is 183. The molecular formula is C9H17F3O2S.